The summed E-state index contributed by atoms with van der Waals surface area (Å²) in [5.41, 5.74) is 2.52. The lowest BCUT2D eigenvalue weighted by Gasteiger charge is -2.14. The highest BCUT2D eigenvalue weighted by Crippen LogP contribution is 2.17. The van der Waals surface area contributed by atoms with Crippen molar-refractivity contribution >= 4 is 0 Å². The van der Waals surface area contributed by atoms with Gasteiger partial charge in [0.1, 0.15) is 0 Å². The van der Waals surface area contributed by atoms with Gasteiger partial charge in [-0.25, -0.2) is 0 Å². The van der Waals surface area contributed by atoms with Crippen molar-refractivity contribution in [2.45, 2.75) is 32.4 Å². The maximum Gasteiger partial charge on any atom is 0.0537 e. The third-order valence-corrected chi connectivity index (χ3v) is 3.05. The number of hydrogen-bond donors (Lipinski definition) is 1. The topological polar surface area (TPSA) is 42.7 Å². The Morgan fingerprint density at radius 2 is 2.11 bits per heavy atom. The molecule has 4 nitrogen and oxygen atoms in total. The average molecular weight is 244 g/mol. The molecule has 2 aromatic rings. The van der Waals surface area contributed by atoms with Crippen molar-refractivity contribution in [2.24, 2.45) is 0 Å². The van der Waals surface area contributed by atoms with Crippen LogP contribution in [0.3, 0.4) is 0 Å². The minimum atomic E-state index is 0.304. The van der Waals surface area contributed by atoms with E-state index in [1.807, 2.05) is 30.3 Å². The van der Waals surface area contributed by atoms with Crippen LogP contribution in [0, 0.1) is 0 Å². The fourth-order valence-corrected chi connectivity index (χ4v) is 2.05. The Balaban J connectivity index is 2.08. The van der Waals surface area contributed by atoms with E-state index in [1.165, 1.54) is 11.1 Å². The van der Waals surface area contributed by atoms with E-state index in [4.69, 9.17) is 0 Å². The fourth-order valence-electron chi connectivity index (χ4n) is 2.05. The van der Waals surface area contributed by atoms with Gasteiger partial charge in [0.2, 0.25) is 0 Å². The van der Waals surface area contributed by atoms with E-state index in [2.05, 4.69) is 40.7 Å². The minimum Gasteiger partial charge on any atom is -0.313 e. The Kier molecular flexibility index (Phi) is 4.47. The average Bonchev–Trinajstić information content (AvgIpc) is 2.86. The number of aryl methyl sites for hydroxylation is 1. The first-order valence-electron chi connectivity index (χ1n) is 6.42. The second-order valence-electron chi connectivity index (χ2n) is 4.44. The summed E-state index contributed by atoms with van der Waals surface area (Å²) in [5, 5.41) is 7.73. The predicted octanol–water partition coefficient (Wildman–Crippen LogP) is 2.19. The molecule has 2 rings (SSSR count). The quantitative estimate of drug-likeness (QED) is 0.847. The number of likely N-dealkylation sites (N-methyl/N-ethyl adjacent to an activating group) is 1. The van der Waals surface area contributed by atoms with Gasteiger partial charge in [0.15, 0.2) is 0 Å². The molecule has 4 heteroatoms. The lowest BCUT2D eigenvalue weighted by Crippen LogP contribution is -2.18. The number of rotatable bonds is 6. The van der Waals surface area contributed by atoms with Crippen LogP contribution < -0.4 is 5.32 Å². The van der Waals surface area contributed by atoms with Crippen LogP contribution >= 0.6 is 0 Å². The molecule has 0 bridgehead atoms. The zero-order valence-corrected chi connectivity index (χ0v) is 11.0. The van der Waals surface area contributed by atoms with Crippen LogP contribution in [0.15, 0.2) is 36.9 Å². The van der Waals surface area contributed by atoms with Crippen molar-refractivity contribution in [3.8, 4) is 0 Å². The van der Waals surface area contributed by atoms with Gasteiger partial charge in [-0.1, -0.05) is 6.92 Å². The summed E-state index contributed by atoms with van der Waals surface area (Å²) < 4.78 is 2.01. The zero-order chi connectivity index (χ0) is 12.8. The highest BCUT2D eigenvalue weighted by Gasteiger charge is 2.12. The van der Waals surface area contributed by atoms with Crippen molar-refractivity contribution in [3.63, 3.8) is 0 Å². The normalized spacial score (nSPS) is 12.6. The molecule has 0 amide bonds. The molecule has 2 heterocycles. The van der Waals surface area contributed by atoms with E-state index >= 15 is 0 Å². The van der Waals surface area contributed by atoms with Crippen molar-refractivity contribution < 1.29 is 0 Å². The molecule has 0 aliphatic carbocycles. The summed E-state index contributed by atoms with van der Waals surface area (Å²) in [7, 11) is 1.99. The molecule has 0 saturated heterocycles. The molecule has 0 aromatic carbocycles. The molecule has 96 valence electrons. The van der Waals surface area contributed by atoms with Gasteiger partial charge in [-0.15, -0.1) is 0 Å². The van der Waals surface area contributed by atoms with E-state index in [9.17, 15) is 0 Å². The van der Waals surface area contributed by atoms with Gasteiger partial charge < -0.3 is 5.32 Å². The molecule has 1 N–H and O–H groups in total. The Morgan fingerprint density at radius 1 is 1.33 bits per heavy atom. The van der Waals surface area contributed by atoms with Gasteiger partial charge in [-0.05, 0) is 37.6 Å². The lowest BCUT2D eigenvalue weighted by molar-refractivity contribution is 0.582. The minimum absolute atomic E-state index is 0.304. The van der Waals surface area contributed by atoms with Gasteiger partial charge in [-0.2, -0.15) is 5.10 Å². The molecule has 2 aromatic heterocycles. The van der Waals surface area contributed by atoms with Crippen LogP contribution in [0.5, 0.6) is 0 Å². The van der Waals surface area contributed by atoms with Crippen LogP contribution in [0.2, 0.25) is 0 Å². The van der Waals surface area contributed by atoms with Crippen LogP contribution in [0.25, 0.3) is 0 Å². The van der Waals surface area contributed by atoms with Crippen LogP contribution in [0.4, 0.5) is 0 Å². The fraction of sp³-hybridized carbons (Fsp3) is 0.429. The predicted molar refractivity (Wildman–Crippen MR) is 72.3 cm³/mol. The van der Waals surface area contributed by atoms with Crippen molar-refractivity contribution in [3.05, 3.63) is 48.0 Å². The van der Waals surface area contributed by atoms with E-state index in [1.54, 1.807) is 0 Å². The summed E-state index contributed by atoms with van der Waals surface area (Å²) in [5.74, 6) is 0. The smallest absolute Gasteiger partial charge is 0.0537 e. The summed E-state index contributed by atoms with van der Waals surface area (Å²) in [6, 6.07) is 4.42. The molecule has 0 fully saturated rings. The monoisotopic (exact) mass is 244 g/mol. The molecule has 1 unspecified atom stereocenters. The number of aromatic nitrogens is 3. The summed E-state index contributed by atoms with van der Waals surface area (Å²) in [6.07, 6.45) is 9.82. The van der Waals surface area contributed by atoms with Gasteiger partial charge >= 0.3 is 0 Å². The maximum absolute atomic E-state index is 4.38. The van der Waals surface area contributed by atoms with Crippen molar-refractivity contribution in [1.29, 1.82) is 0 Å². The molecule has 0 saturated carbocycles. The molecule has 0 radical (unpaired) electrons. The third kappa shape index (κ3) is 3.17. The summed E-state index contributed by atoms with van der Waals surface area (Å²) in [4.78, 5) is 4.04. The number of nitrogens with one attached hydrogen (secondary N) is 1. The van der Waals surface area contributed by atoms with Crippen LogP contribution in [-0.2, 0) is 13.0 Å². The van der Waals surface area contributed by atoms with Crippen molar-refractivity contribution in [2.75, 3.05) is 7.05 Å². The van der Waals surface area contributed by atoms with E-state index < -0.39 is 0 Å². The van der Waals surface area contributed by atoms with Crippen LogP contribution in [0.1, 0.15) is 30.5 Å². The van der Waals surface area contributed by atoms with Gasteiger partial charge in [0.05, 0.1) is 6.20 Å². The van der Waals surface area contributed by atoms with E-state index in [0.717, 1.165) is 19.4 Å². The molecule has 0 aliphatic heterocycles. The Hall–Kier alpha value is -1.68. The highest BCUT2D eigenvalue weighted by molar-refractivity contribution is 5.18. The molecule has 0 spiro atoms. The first-order valence-corrected chi connectivity index (χ1v) is 6.42. The highest BCUT2D eigenvalue weighted by atomic mass is 15.3. The molecular weight excluding hydrogens is 224 g/mol. The largest absolute Gasteiger partial charge is 0.313 e. The Morgan fingerprint density at radius 3 is 2.78 bits per heavy atom. The Labute approximate surface area is 108 Å². The first-order chi connectivity index (χ1) is 8.83. The SMILES string of the molecule is CCCn1cc(C(Cc2ccncc2)NC)cn1. The second-order valence-corrected chi connectivity index (χ2v) is 4.44. The lowest BCUT2D eigenvalue weighted by atomic mass is 10.0. The van der Waals surface area contributed by atoms with Gasteiger partial charge in [-0.3, -0.25) is 9.67 Å². The second kappa shape index (κ2) is 6.31. The molecule has 0 aliphatic rings. The first kappa shape index (κ1) is 12.8. The van der Waals surface area contributed by atoms with Gasteiger partial charge in [0, 0.05) is 36.7 Å². The summed E-state index contributed by atoms with van der Waals surface area (Å²) in [6.45, 7) is 3.14. The third-order valence-electron chi connectivity index (χ3n) is 3.05. The van der Waals surface area contributed by atoms with E-state index in [-0.39, 0.29) is 0 Å². The van der Waals surface area contributed by atoms with Gasteiger partial charge in [0.25, 0.3) is 0 Å². The molecule has 18 heavy (non-hydrogen) atoms. The van der Waals surface area contributed by atoms with E-state index in [0.29, 0.717) is 6.04 Å². The van der Waals surface area contributed by atoms with Crippen LogP contribution in [-0.4, -0.2) is 21.8 Å². The molecule has 1 atom stereocenters. The maximum atomic E-state index is 4.38. The number of hydrogen-bond acceptors (Lipinski definition) is 3. The van der Waals surface area contributed by atoms with Crippen molar-refractivity contribution in [1.82, 2.24) is 20.1 Å². The number of nitrogens with zero attached hydrogens (tertiary/aromatic N) is 3. The summed E-state index contributed by atoms with van der Waals surface area (Å²) >= 11 is 0. The Bertz CT molecular complexity index is 464. The number of pyridine rings is 1. The molecular formula is C14H20N4. The standard InChI is InChI=1S/C14H20N4/c1-3-8-18-11-13(10-17-18)14(15-2)9-12-4-6-16-7-5-12/h4-7,10-11,14-15H,3,8-9H2,1-2H3. The zero-order valence-electron chi connectivity index (χ0n) is 11.0.